The number of hydrogen-bond acceptors (Lipinski definition) is 6. The van der Waals surface area contributed by atoms with Crippen molar-refractivity contribution in [3.05, 3.63) is 45.0 Å². The molecule has 3 N–H and O–H groups in total. The Morgan fingerprint density at radius 1 is 1.33 bits per heavy atom. The molecule has 1 saturated heterocycles. The van der Waals surface area contributed by atoms with E-state index in [1.54, 1.807) is 6.92 Å². The quantitative estimate of drug-likeness (QED) is 0.637. The van der Waals surface area contributed by atoms with Gasteiger partial charge < -0.3 is 10.8 Å². The normalized spacial score (nSPS) is 17.4. The number of carbonyl (C=O) groups excluding carboxylic acids is 1. The maximum absolute atomic E-state index is 11.5. The van der Waals surface area contributed by atoms with E-state index in [4.69, 9.17) is 5.73 Å². The van der Waals surface area contributed by atoms with Gasteiger partial charge in [-0.2, -0.15) is 4.52 Å². The Bertz CT molecular complexity index is 976. The number of thiazole rings is 1. The van der Waals surface area contributed by atoms with Gasteiger partial charge in [0.1, 0.15) is 5.82 Å². The largest absolute Gasteiger partial charge is 0.492 e. The molecule has 142 valence electrons. The molecule has 1 amide bonds. The average molecular weight is 450 g/mol. The minimum atomic E-state index is -0.230. The molecule has 0 radical (unpaired) electrons. The maximum Gasteiger partial charge on any atom is 0.230 e. The van der Waals surface area contributed by atoms with Gasteiger partial charge in [-0.25, -0.2) is 4.98 Å². The number of piperidine rings is 1. The number of nitrogens with two attached hydrogens (primary N) is 1. The number of primary amides is 1. The van der Waals surface area contributed by atoms with Crippen LogP contribution in [0.3, 0.4) is 0 Å². The molecule has 1 aliphatic rings. The van der Waals surface area contributed by atoms with Crippen molar-refractivity contribution in [3.63, 3.8) is 0 Å². The second-order valence-electron chi connectivity index (χ2n) is 6.81. The number of aryl methyl sites for hydroxylation is 1. The molecule has 27 heavy (non-hydrogen) atoms. The second kappa shape index (κ2) is 7.21. The Labute approximate surface area is 168 Å². The van der Waals surface area contributed by atoms with Crippen LogP contribution in [0.1, 0.15) is 35.1 Å². The number of fused-ring (bicyclic) bond motifs is 1. The van der Waals surface area contributed by atoms with Gasteiger partial charge in [-0.15, -0.1) is 5.10 Å². The van der Waals surface area contributed by atoms with E-state index in [9.17, 15) is 9.90 Å². The summed E-state index contributed by atoms with van der Waals surface area (Å²) < 4.78 is 2.50. The Hall–Kier alpha value is -1.97. The molecule has 1 fully saturated rings. The maximum atomic E-state index is 11.5. The third kappa shape index (κ3) is 3.46. The molecular weight excluding hydrogens is 430 g/mol. The third-order valence-electron chi connectivity index (χ3n) is 5.04. The molecule has 3 aromatic rings. The SMILES string of the molecule is Cc1nc2sc([C@@H](c3ccc(Br)cc3)N3CCC(C(N)=O)CC3)c(O)n2n1. The fraction of sp³-hybridized carbons (Fsp3) is 0.389. The number of benzene rings is 1. The molecule has 0 spiro atoms. The zero-order valence-electron chi connectivity index (χ0n) is 14.8. The molecule has 0 bridgehead atoms. The molecule has 7 nitrogen and oxygen atoms in total. The van der Waals surface area contributed by atoms with Crippen LogP contribution in [0, 0.1) is 12.8 Å². The van der Waals surface area contributed by atoms with Crippen LogP contribution in [0.2, 0.25) is 0 Å². The van der Waals surface area contributed by atoms with Crippen molar-refractivity contribution in [1.29, 1.82) is 0 Å². The summed E-state index contributed by atoms with van der Waals surface area (Å²) in [5.41, 5.74) is 6.56. The summed E-state index contributed by atoms with van der Waals surface area (Å²) in [6.45, 7) is 3.28. The summed E-state index contributed by atoms with van der Waals surface area (Å²) >= 11 is 4.93. The molecule has 9 heteroatoms. The summed E-state index contributed by atoms with van der Waals surface area (Å²) in [7, 11) is 0. The molecule has 1 atom stereocenters. The zero-order chi connectivity index (χ0) is 19.1. The van der Waals surface area contributed by atoms with E-state index in [1.807, 2.05) is 12.1 Å². The number of hydrogen-bond donors (Lipinski definition) is 2. The van der Waals surface area contributed by atoms with Crippen molar-refractivity contribution < 1.29 is 9.90 Å². The van der Waals surface area contributed by atoms with Crippen LogP contribution < -0.4 is 5.73 Å². The Balaban J connectivity index is 1.74. The molecular formula is C18H20BrN5O2S. The zero-order valence-corrected chi connectivity index (χ0v) is 17.2. The monoisotopic (exact) mass is 449 g/mol. The van der Waals surface area contributed by atoms with Crippen molar-refractivity contribution in [2.75, 3.05) is 13.1 Å². The standard InChI is InChI=1S/C18H20BrN5O2S/c1-10-21-18-24(22-10)17(26)15(27-18)14(11-2-4-13(19)5-3-11)23-8-6-12(7-9-23)16(20)25/h2-5,12,14,26H,6-9H2,1H3,(H2,20,25)/t14-/m1/s1. The highest BCUT2D eigenvalue weighted by molar-refractivity contribution is 9.10. The van der Waals surface area contributed by atoms with Gasteiger partial charge in [-0.3, -0.25) is 9.69 Å². The van der Waals surface area contributed by atoms with E-state index >= 15 is 0 Å². The van der Waals surface area contributed by atoms with E-state index in [2.05, 4.69) is 43.0 Å². The van der Waals surface area contributed by atoms with Gasteiger partial charge >= 0.3 is 0 Å². The highest BCUT2D eigenvalue weighted by Crippen LogP contribution is 2.41. The summed E-state index contributed by atoms with van der Waals surface area (Å²) in [6, 6.07) is 7.97. The molecule has 0 saturated carbocycles. The number of likely N-dealkylation sites (tertiary alicyclic amines) is 1. The summed E-state index contributed by atoms with van der Waals surface area (Å²) in [4.78, 5) is 19.7. The highest BCUT2D eigenvalue weighted by atomic mass is 79.9. The molecule has 0 unspecified atom stereocenters. The minimum absolute atomic E-state index is 0.0784. The van der Waals surface area contributed by atoms with Crippen LogP contribution in [-0.4, -0.2) is 43.6 Å². The number of halogens is 1. The van der Waals surface area contributed by atoms with Gasteiger partial charge in [-0.05, 0) is 50.6 Å². The number of nitrogens with zero attached hydrogens (tertiary/aromatic N) is 4. The molecule has 4 rings (SSSR count). The van der Waals surface area contributed by atoms with Crippen molar-refractivity contribution in [2.24, 2.45) is 11.7 Å². The third-order valence-corrected chi connectivity index (χ3v) is 6.64. The van der Waals surface area contributed by atoms with Gasteiger partial charge in [0.2, 0.25) is 16.7 Å². The highest BCUT2D eigenvalue weighted by Gasteiger charge is 2.33. The van der Waals surface area contributed by atoms with Crippen LogP contribution in [0.15, 0.2) is 28.7 Å². The number of aromatic nitrogens is 3. The Morgan fingerprint density at radius 2 is 2.00 bits per heavy atom. The topological polar surface area (TPSA) is 96.8 Å². The van der Waals surface area contributed by atoms with Crippen LogP contribution in [0.4, 0.5) is 0 Å². The van der Waals surface area contributed by atoms with Gasteiger partial charge in [0, 0.05) is 10.4 Å². The average Bonchev–Trinajstić information content (AvgIpc) is 3.15. The van der Waals surface area contributed by atoms with Crippen molar-refractivity contribution in [1.82, 2.24) is 19.5 Å². The van der Waals surface area contributed by atoms with E-state index in [-0.39, 0.29) is 23.7 Å². The Kier molecular flexibility index (Phi) is 4.92. The lowest BCUT2D eigenvalue weighted by molar-refractivity contribution is -0.123. The minimum Gasteiger partial charge on any atom is -0.492 e. The fourth-order valence-corrected chi connectivity index (χ4v) is 5.07. The van der Waals surface area contributed by atoms with Crippen molar-refractivity contribution in [3.8, 4) is 5.88 Å². The fourth-order valence-electron chi connectivity index (χ4n) is 3.64. The van der Waals surface area contributed by atoms with Crippen LogP contribution in [-0.2, 0) is 4.79 Å². The first-order chi connectivity index (χ1) is 12.9. The first kappa shape index (κ1) is 18.4. The number of amides is 1. The second-order valence-corrected chi connectivity index (χ2v) is 8.73. The van der Waals surface area contributed by atoms with Gasteiger partial charge in [0.15, 0.2) is 0 Å². The van der Waals surface area contributed by atoms with E-state index in [0.717, 1.165) is 40.8 Å². The first-order valence-electron chi connectivity index (χ1n) is 8.78. The van der Waals surface area contributed by atoms with Gasteiger partial charge in [0.05, 0.1) is 10.9 Å². The lowest BCUT2D eigenvalue weighted by Gasteiger charge is -2.36. The summed E-state index contributed by atoms with van der Waals surface area (Å²) in [6.07, 6.45) is 1.45. The van der Waals surface area contributed by atoms with Crippen LogP contribution in [0.25, 0.3) is 4.96 Å². The van der Waals surface area contributed by atoms with Gasteiger partial charge in [-0.1, -0.05) is 39.4 Å². The lowest BCUT2D eigenvalue weighted by Crippen LogP contribution is -2.40. The van der Waals surface area contributed by atoms with Crippen LogP contribution in [0.5, 0.6) is 5.88 Å². The molecule has 1 aliphatic heterocycles. The number of aromatic hydroxyl groups is 1. The van der Waals surface area contributed by atoms with Crippen molar-refractivity contribution >= 4 is 38.1 Å². The predicted molar refractivity (Wildman–Crippen MR) is 107 cm³/mol. The number of rotatable bonds is 4. The van der Waals surface area contributed by atoms with E-state index in [1.165, 1.54) is 15.9 Å². The van der Waals surface area contributed by atoms with Crippen molar-refractivity contribution in [2.45, 2.75) is 25.8 Å². The molecule has 2 aromatic heterocycles. The predicted octanol–water partition coefficient (Wildman–Crippen LogP) is 2.85. The summed E-state index contributed by atoms with van der Waals surface area (Å²) in [5.74, 6) is 0.448. The number of carbonyl (C=O) groups is 1. The first-order valence-corrected chi connectivity index (χ1v) is 10.4. The van der Waals surface area contributed by atoms with E-state index < -0.39 is 0 Å². The summed E-state index contributed by atoms with van der Waals surface area (Å²) in [5, 5.41) is 15.1. The molecule has 3 heterocycles. The molecule has 0 aliphatic carbocycles. The van der Waals surface area contributed by atoms with Crippen LogP contribution >= 0.6 is 27.3 Å². The smallest absolute Gasteiger partial charge is 0.230 e. The Morgan fingerprint density at radius 3 is 2.59 bits per heavy atom. The van der Waals surface area contributed by atoms with Gasteiger partial charge in [0.25, 0.3) is 0 Å². The molecule has 1 aromatic carbocycles. The van der Waals surface area contributed by atoms with E-state index in [0.29, 0.717) is 10.8 Å². The lowest BCUT2D eigenvalue weighted by atomic mass is 9.93.